The zero-order valence-electron chi connectivity index (χ0n) is 35.4. The Kier molecular flexibility index (Phi) is 17.4. The number of methoxy groups -OCH3 is 6. The van der Waals surface area contributed by atoms with Crippen LogP contribution in [0.2, 0.25) is 0 Å². The molecule has 15 heteroatoms. The molecule has 318 valence electrons. The van der Waals surface area contributed by atoms with Gasteiger partial charge in [-0.2, -0.15) is 15.0 Å². The summed E-state index contributed by atoms with van der Waals surface area (Å²) in [6, 6.07) is 30.5. The van der Waals surface area contributed by atoms with Crippen LogP contribution < -0.4 is 15.1 Å². The summed E-state index contributed by atoms with van der Waals surface area (Å²) in [5, 5.41) is 32.3. The van der Waals surface area contributed by atoms with E-state index in [4.69, 9.17) is 28.4 Å². The summed E-state index contributed by atoms with van der Waals surface area (Å²) in [4.78, 5) is 16.9. The molecule has 0 aliphatic rings. The SMILES string of the molecule is CC(C)(c1ccc(O)cc1)c1ccc(C(C)(c2ccc(O)cc2)c2ccc(O)cc2)cc1.COCNC(OC)c1nc(N(COC)COC)nc(N(COC)COC)n1. The van der Waals surface area contributed by atoms with Gasteiger partial charge in [-0.3, -0.25) is 15.1 Å². The van der Waals surface area contributed by atoms with Gasteiger partial charge < -0.3 is 43.7 Å². The maximum atomic E-state index is 9.80. The first-order chi connectivity index (χ1) is 28.3. The van der Waals surface area contributed by atoms with Crippen LogP contribution in [0.4, 0.5) is 11.9 Å². The number of phenolic OH excluding ortho intramolecular Hbond substituents is 3. The third-order valence-electron chi connectivity index (χ3n) is 9.88. The molecule has 0 fully saturated rings. The average Bonchev–Trinajstić information content (AvgIpc) is 3.24. The lowest BCUT2D eigenvalue weighted by atomic mass is 9.70. The molecule has 15 nitrogen and oxygen atoms in total. The summed E-state index contributed by atoms with van der Waals surface area (Å²) in [7, 11) is 9.41. The van der Waals surface area contributed by atoms with Crippen molar-refractivity contribution < 1.29 is 43.7 Å². The Morgan fingerprint density at radius 1 is 0.492 bits per heavy atom. The predicted molar refractivity (Wildman–Crippen MR) is 225 cm³/mol. The first kappa shape index (κ1) is 46.3. The van der Waals surface area contributed by atoms with E-state index in [0.29, 0.717) is 17.7 Å². The summed E-state index contributed by atoms with van der Waals surface area (Å²) >= 11 is 0. The van der Waals surface area contributed by atoms with Gasteiger partial charge in [-0.15, -0.1) is 0 Å². The minimum Gasteiger partial charge on any atom is -0.508 e. The van der Waals surface area contributed by atoms with Gasteiger partial charge >= 0.3 is 0 Å². The number of hydrogen-bond donors (Lipinski definition) is 4. The molecule has 5 rings (SSSR count). The maximum absolute atomic E-state index is 9.80. The molecule has 59 heavy (non-hydrogen) atoms. The lowest BCUT2D eigenvalue weighted by Gasteiger charge is -2.33. The van der Waals surface area contributed by atoms with E-state index in [1.807, 2.05) is 36.4 Å². The van der Waals surface area contributed by atoms with E-state index >= 15 is 0 Å². The van der Waals surface area contributed by atoms with Gasteiger partial charge in [-0.25, -0.2) is 0 Å². The van der Waals surface area contributed by atoms with Crippen molar-refractivity contribution in [3.05, 3.63) is 131 Å². The van der Waals surface area contributed by atoms with E-state index in [0.717, 1.165) is 22.3 Å². The highest BCUT2D eigenvalue weighted by Crippen LogP contribution is 2.41. The van der Waals surface area contributed by atoms with Crippen LogP contribution in [0, 0.1) is 0 Å². The van der Waals surface area contributed by atoms with E-state index in [2.05, 4.69) is 65.3 Å². The minimum absolute atomic E-state index is 0.223. The molecule has 1 heterocycles. The number of anilines is 2. The summed E-state index contributed by atoms with van der Waals surface area (Å²) in [5.74, 6) is 1.80. The van der Waals surface area contributed by atoms with Gasteiger partial charge in [0.1, 0.15) is 44.2 Å². The highest BCUT2D eigenvalue weighted by Gasteiger charge is 2.32. The number of aromatic hydroxyl groups is 3. The highest BCUT2D eigenvalue weighted by atomic mass is 16.5. The average molecular weight is 815 g/mol. The Labute approximate surface area is 347 Å². The van der Waals surface area contributed by atoms with Crippen molar-refractivity contribution in [2.45, 2.75) is 37.8 Å². The van der Waals surface area contributed by atoms with Gasteiger partial charge in [-0.05, 0) is 71.1 Å². The van der Waals surface area contributed by atoms with Gasteiger partial charge in [0.2, 0.25) is 11.9 Å². The second-order valence-corrected chi connectivity index (χ2v) is 14.3. The van der Waals surface area contributed by atoms with Crippen molar-refractivity contribution >= 4 is 11.9 Å². The monoisotopic (exact) mass is 814 g/mol. The van der Waals surface area contributed by atoms with E-state index in [1.165, 1.54) is 5.56 Å². The summed E-state index contributed by atoms with van der Waals surface area (Å²) in [6.45, 7) is 7.69. The predicted octanol–water partition coefficient (Wildman–Crippen LogP) is 6.22. The number of benzene rings is 4. The van der Waals surface area contributed by atoms with Crippen LogP contribution in [0.5, 0.6) is 17.2 Å². The van der Waals surface area contributed by atoms with E-state index in [-0.39, 0.29) is 56.3 Å². The van der Waals surface area contributed by atoms with Gasteiger partial charge in [0.25, 0.3) is 0 Å². The van der Waals surface area contributed by atoms with Crippen LogP contribution in [0.25, 0.3) is 0 Å². The number of hydrogen-bond acceptors (Lipinski definition) is 15. The highest BCUT2D eigenvalue weighted by molar-refractivity contribution is 5.52. The molecule has 0 aliphatic carbocycles. The van der Waals surface area contributed by atoms with Crippen molar-refractivity contribution in [1.29, 1.82) is 0 Å². The molecule has 1 atom stereocenters. The molecule has 4 aromatic carbocycles. The lowest BCUT2D eigenvalue weighted by Crippen LogP contribution is -2.35. The lowest BCUT2D eigenvalue weighted by molar-refractivity contribution is 0.0310. The number of nitrogens with zero attached hydrogens (tertiary/aromatic N) is 5. The van der Waals surface area contributed by atoms with E-state index < -0.39 is 11.6 Å². The largest absolute Gasteiger partial charge is 0.508 e. The third-order valence-corrected chi connectivity index (χ3v) is 9.88. The van der Waals surface area contributed by atoms with Crippen molar-refractivity contribution in [2.24, 2.45) is 0 Å². The number of nitrogens with one attached hydrogen (secondary N) is 1. The Morgan fingerprint density at radius 2 is 0.814 bits per heavy atom. The zero-order chi connectivity index (χ0) is 43.0. The molecule has 0 bridgehead atoms. The molecular weight excluding hydrogens is 757 g/mol. The van der Waals surface area contributed by atoms with Crippen LogP contribution in [0.1, 0.15) is 60.6 Å². The van der Waals surface area contributed by atoms with Crippen molar-refractivity contribution in [2.75, 3.05) is 86.1 Å². The zero-order valence-corrected chi connectivity index (χ0v) is 35.4. The summed E-state index contributed by atoms with van der Waals surface area (Å²) < 4.78 is 31.3. The number of ether oxygens (including phenoxy) is 6. The Hall–Kier alpha value is -5.39. The Bertz CT molecular complexity index is 1890. The first-order valence-electron chi connectivity index (χ1n) is 18.8. The molecule has 0 saturated carbocycles. The summed E-state index contributed by atoms with van der Waals surface area (Å²) in [5.41, 5.74) is 4.81. The molecule has 0 radical (unpaired) electrons. The van der Waals surface area contributed by atoms with Gasteiger partial charge in [0.15, 0.2) is 12.1 Å². The molecule has 0 spiro atoms. The fourth-order valence-corrected chi connectivity index (χ4v) is 6.49. The Morgan fingerprint density at radius 3 is 1.14 bits per heavy atom. The number of phenols is 3. The standard InChI is InChI=1S/C29H28O3.C15H30N6O6/c1-28(2,21-8-14-25(30)15-9-21)20-4-6-22(7-5-20)29(3,23-10-16-26(31)17-11-23)24-12-18-27(32)19-13-24;1-22-7-16-13(27-6)12-17-14(20(8-23-2)9-24-3)19-15(18-12)21(10-25-4)11-26-5/h4-19,30-32H,1-3H3;13,16H,7-11H2,1-6H3. The molecule has 4 N–H and O–H groups in total. The van der Waals surface area contributed by atoms with Crippen molar-refractivity contribution in [3.8, 4) is 17.2 Å². The van der Waals surface area contributed by atoms with Crippen LogP contribution in [0.15, 0.2) is 97.1 Å². The van der Waals surface area contributed by atoms with Gasteiger partial charge in [0.05, 0.1) is 6.73 Å². The molecule has 0 amide bonds. The molecule has 0 aliphatic heterocycles. The normalized spacial score (nSPS) is 12.1. The molecule has 1 aromatic heterocycles. The maximum Gasteiger partial charge on any atom is 0.234 e. The van der Waals surface area contributed by atoms with Crippen molar-refractivity contribution in [3.63, 3.8) is 0 Å². The fraction of sp³-hybridized carbons (Fsp3) is 0.386. The topological polar surface area (TPSA) is 173 Å². The number of aromatic nitrogens is 3. The molecule has 5 aromatic rings. The second kappa shape index (κ2) is 22.1. The Balaban J connectivity index is 0.000000265. The summed E-state index contributed by atoms with van der Waals surface area (Å²) in [6.07, 6.45) is -0.607. The number of rotatable bonds is 20. The second-order valence-electron chi connectivity index (χ2n) is 14.3. The molecule has 0 saturated heterocycles. The third kappa shape index (κ3) is 11.9. The van der Waals surface area contributed by atoms with Gasteiger partial charge in [-0.1, -0.05) is 74.5 Å². The van der Waals surface area contributed by atoms with E-state index in [9.17, 15) is 15.3 Å². The van der Waals surface area contributed by atoms with Gasteiger partial charge in [0, 0.05) is 53.5 Å². The molecular formula is C44H58N6O9. The van der Waals surface area contributed by atoms with Crippen molar-refractivity contribution in [1.82, 2.24) is 20.3 Å². The van der Waals surface area contributed by atoms with E-state index in [1.54, 1.807) is 88.9 Å². The molecule has 1 unspecified atom stereocenters. The first-order valence-corrected chi connectivity index (χ1v) is 18.8. The van der Waals surface area contributed by atoms with Crippen LogP contribution in [0.3, 0.4) is 0 Å². The van der Waals surface area contributed by atoms with Crippen LogP contribution in [-0.4, -0.2) is 107 Å². The smallest absolute Gasteiger partial charge is 0.234 e. The van der Waals surface area contributed by atoms with Crippen LogP contribution >= 0.6 is 0 Å². The quantitative estimate of drug-likeness (QED) is 0.0515. The fourth-order valence-electron chi connectivity index (χ4n) is 6.49. The minimum atomic E-state index is -0.607. The van der Waals surface area contributed by atoms with Crippen LogP contribution in [-0.2, 0) is 39.3 Å².